The summed E-state index contributed by atoms with van der Waals surface area (Å²) in [6, 6.07) is 0.182. The lowest BCUT2D eigenvalue weighted by atomic mass is 10.1. The molecule has 0 aromatic rings. The molecule has 0 aliphatic carbocycles. The van der Waals surface area contributed by atoms with Crippen LogP contribution in [0.5, 0.6) is 0 Å². The van der Waals surface area contributed by atoms with Gasteiger partial charge in [-0.1, -0.05) is 6.92 Å². The molecule has 1 fully saturated rings. The molecule has 1 saturated heterocycles. The summed E-state index contributed by atoms with van der Waals surface area (Å²) in [5.41, 5.74) is 0. The number of hydrogen-bond acceptors (Lipinski definition) is 3. The van der Waals surface area contributed by atoms with Gasteiger partial charge in [0, 0.05) is 12.6 Å². The third-order valence-electron chi connectivity index (χ3n) is 2.64. The fraction of sp³-hybridized carbons (Fsp3) is 0.889. The second kappa shape index (κ2) is 4.58. The number of carboxylic acid groups (broad SMARTS) is 1. The van der Waals surface area contributed by atoms with E-state index < -0.39 is 5.97 Å². The van der Waals surface area contributed by atoms with Gasteiger partial charge in [-0.05, 0) is 19.4 Å². The highest BCUT2D eigenvalue weighted by molar-refractivity contribution is 5.69. The summed E-state index contributed by atoms with van der Waals surface area (Å²) in [6.45, 7) is 3.32. The zero-order chi connectivity index (χ0) is 9.84. The molecule has 0 aromatic carbocycles. The number of aliphatic hydroxyl groups is 1. The number of hydrogen-bond donors (Lipinski definition) is 2. The molecule has 1 unspecified atom stereocenters. The van der Waals surface area contributed by atoms with Crippen molar-refractivity contribution in [2.75, 3.05) is 19.7 Å². The van der Waals surface area contributed by atoms with Gasteiger partial charge in [0.2, 0.25) is 0 Å². The first-order chi connectivity index (χ1) is 6.15. The summed E-state index contributed by atoms with van der Waals surface area (Å²) < 4.78 is 0. The third kappa shape index (κ3) is 2.67. The lowest BCUT2D eigenvalue weighted by Gasteiger charge is -2.24. The Balaban J connectivity index is 2.39. The topological polar surface area (TPSA) is 60.8 Å². The molecule has 1 rings (SSSR count). The molecule has 76 valence electrons. The van der Waals surface area contributed by atoms with E-state index in [0.29, 0.717) is 6.54 Å². The van der Waals surface area contributed by atoms with Gasteiger partial charge in [-0.3, -0.25) is 9.69 Å². The Hall–Kier alpha value is -0.610. The van der Waals surface area contributed by atoms with Gasteiger partial charge in [-0.15, -0.1) is 0 Å². The largest absolute Gasteiger partial charge is 0.481 e. The van der Waals surface area contributed by atoms with Crippen molar-refractivity contribution < 1.29 is 15.0 Å². The molecule has 4 heteroatoms. The molecule has 0 saturated carbocycles. The first-order valence-electron chi connectivity index (χ1n) is 4.73. The highest BCUT2D eigenvalue weighted by Gasteiger charge is 2.26. The minimum Gasteiger partial charge on any atom is -0.481 e. The summed E-state index contributed by atoms with van der Waals surface area (Å²) in [5.74, 6) is -1.10. The van der Waals surface area contributed by atoms with Crippen LogP contribution in [0.15, 0.2) is 0 Å². The Morgan fingerprint density at radius 3 is 2.92 bits per heavy atom. The fourth-order valence-electron chi connectivity index (χ4n) is 1.77. The quantitative estimate of drug-likeness (QED) is 0.658. The average molecular weight is 187 g/mol. The first-order valence-corrected chi connectivity index (χ1v) is 4.73. The molecule has 0 aromatic heterocycles. The van der Waals surface area contributed by atoms with Crippen molar-refractivity contribution in [1.82, 2.24) is 4.90 Å². The summed E-state index contributed by atoms with van der Waals surface area (Å²) in [5, 5.41) is 17.7. The van der Waals surface area contributed by atoms with E-state index in [2.05, 4.69) is 4.90 Å². The molecule has 0 spiro atoms. The van der Waals surface area contributed by atoms with Crippen LogP contribution in [0.1, 0.15) is 19.8 Å². The lowest BCUT2D eigenvalue weighted by Crippen LogP contribution is -2.37. The summed E-state index contributed by atoms with van der Waals surface area (Å²) >= 11 is 0. The van der Waals surface area contributed by atoms with Gasteiger partial charge in [-0.2, -0.15) is 0 Å². The van der Waals surface area contributed by atoms with Crippen LogP contribution in [0.25, 0.3) is 0 Å². The molecule has 1 aliphatic rings. The molecule has 2 atom stereocenters. The van der Waals surface area contributed by atoms with Gasteiger partial charge in [0.1, 0.15) is 0 Å². The molecule has 0 bridgehead atoms. The van der Waals surface area contributed by atoms with E-state index in [-0.39, 0.29) is 18.6 Å². The number of likely N-dealkylation sites (tertiary alicyclic amines) is 1. The van der Waals surface area contributed by atoms with Crippen molar-refractivity contribution in [3.63, 3.8) is 0 Å². The van der Waals surface area contributed by atoms with Gasteiger partial charge in [0.15, 0.2) is 0 Å². The molecule has 13 heavy (non-hydrogen) atoms. The fourth-order valence-corrected chi connectivity index (χ4v) is 1.77. The van der Waals surface area contributed by atoms with Gasteiger partial charge in [0.25, 0.3) is 0 Å². The average Bonchev–Trinajstić information content (AvgIpc) is 2.51. The second-order valence-electron chi connectivity index (χ2n) is 3.71. The van der Waals surface area contributed by atoms with Crippen molar-refractivity contribution in [3.8, 4) is 0 Å². The summed E-state index contributed by atoms with van der Waals surface area (Å²) in [4.78, 5) is 12.7. The van der Waals surface area contributed by atoms with E-state index in [1.165, 1.54) is 0 Å². The number of nitrogens with zero attached hydrogens (tertiary/aromatic N) is 1. The number of aliphatic hydroxyl groups excluding tert-OH is 1. The maximum Gasteiger partial charge on any atom is 0.307 e. The molecular weight excluding hydrogens is 170 g/mol. The Morgan fingerprint density at radius 1 is 1.69 bits per heavy atom. The zero-order valence-electron chi connectivity index (χ0n) is 7.94. The van der Waals surface area contributed by atoms with Crippen molar-refractivity contribution in [1.29, 1.82) is 0 Å². The predicted molar refractivity (Wildman–Crippen MR) is 48.5 cm³/mol. The number of carboxylic acids is 1. The van der Waals surface area contributed by atoms with E-state index in [0.717, 1.165) is 19.4 Å². The van der Waals surface area contributed by atoms with Crippen molar-refractivity contribution in [2.24, 2.45) is 5.92 Å². The van der Waals surface area contributed by atoms with Crippen LogP contribution in [0.2, 0.25) is 0 Å². The van der Waals surface area contributed by atoms with Crippen molar-refractivity contribution >= 4 is 5.97 Å². The maximum absolute atomic E-state index is 10.6. The Kier molecular flexibility index (Phi) is 3.69. The highest BCUT2D eigenvalue weighted by atomic mass is 16.4. The van der Waals surface area contributed by atoms with Crippen LogP contribution in [-0.2, 0) is 4.79 Å². The predicted octanol–water partition coefficient (Wildman–Crippen LogP) is 0.164. The molecular formula is C9H17NO3. The smallest absolute Gasteiger partial charge is 0.307 e. The Morgan fingerprint density at radius 2 is 2.38 bits per heavy atom. The van der Waals surface area contributed by atoms with Gasteiger partial charge < -0.3 is 10.2 Å². The standard InChI is InChI=1S/C9H17NO3/c1-7(9(12)13)5-10-4-2-3-8(10)6-11/h7-8,11H,2-6H2,1H3,(H,12,13)/t7?,8-/m0/s1. The molecule has 1 heterocycles. The lowest BCUT2D eigenvalue weighted by molar-refractivity contribution is -0.141. The van der Waals surface area contributed by atoms with Gasteiger partial charge in [-0.25, -0.2) is 0 Å². The minimum absolute atomic E-state index is 0.145. The van der Waals surface area contributed by atoms with Crippen LogP contribution in [-0.4, -0.2) is 46.8 Å². The SMILES string of the molecule is CC(CN1CCC[C@H]1CO)C(=O)O. The number of carbonyl (C=O) groups is 1. The zero-order valence-corrected chi connectivity index (χ0v) is 7.94. The molecule has 4 nitrogen and oxygen atoms in total. The monoisotopic (exact) mass is 187 g/mol. The van der Waals surface area contributed by atoms with Crippen molar-refractivity contribution in [2.45, 2.75) is 25.8 Å². The second-order valence-corrected chi connectivity index (χ2v) is 3.71. The minimum atomic E-state index is -0.761. The first kappa shape index (κ1) is 10.5. The van der Waals surface area contributed by atoms with E-state index in [1.54, 1.807) is 6.92 Å². The summed E-state index contributed by atoms with van der Waals surface area (Å²) in [6.07, 6.45) is 2.06. The number of rotatable bonds is 4. The molecule has 1 aliphatic heterocycles. The Labute approximate surface area is 78.2 Å². The van der Waals surface area contributed by atoms with Crippen LogP contribution < -0.4 is 0 Å². The van der Waals surface area contributed by atoms with E-state index >= 15 is 0 Å². The van der Waals surface area contributed by atoms with E-state index in [1.807, 2.05) is 0 Å². The molecule has 0 amide bonds. The third-order valence-corrected chi connectivity index (χ3v) is 2.64. The van der Waals surface area contributed by atoms with Crippen LogP contribution in [0.3, 0.4) is 0 Å². The van der Waals surface area contributed by atoms with E-state index in [4.69, 9.17) is 10.2 Å². The Bertz CT molecular complexity index is 184. The van der Waals surface area contributed by atoms with Crippen LogP contribution >= 0.6 is 0 Å². The highest BCUT2D eigenvalue weighted by Crippen LogP contribution is 2.17. The van der Waals surface area contributed by atoms with Crippen LogP contribution in [0, 0.1) is 5.92 Å². The molecule has 2 N–H and O–H groups in total. The molecule has 0 radical (unpaired) electrons. The normalized spacial score (nSPS) is 26.2. The maximum atomic E-state index is 10.6. The van der Waals surface area contributed by atoms with Crippen molar-refractivity contribution in [3.05, 3.63) is 0 Å². The summed E-state index contributed by atoms with van der Waals surface area (Å²) in [7, 11) is 0. The van der Waals surface area contributed by atoms with E-state index in [9.17, 15) is 4.79 Å². The van der Waals surface area contributed by atoms with Crippen LogP contribution in [0.4, 0.5) is 0 Å². The van der Waals surface area contributed by atoms with Gasteiger partial charge >= 0.3 is 5.97 Å². The number of aliphatic carboxylic acids is 1. The van der Waals surface area contributed by atoms with Gasteiger partial charge in [0.05, 0.1) is 12.5 Å².